The van der Waals surface area contributed by atoms with Crippen molar-refractivity contribution in [3.8, 4) is 0 Å². The Balaban J connectivity index is 1.75. The second-order valence-corrected chi connectivity index (χ2v) is 12.5. The van der Waals surface area contributed by atoms with E-state index in [0.717, 1.165) is 6.07 Å². The highest BCUT2D eigenvalue weighted by Crippen LogP contribution is 2.54. The van der Waals surface area contributed by atoms with Crippen LogP contribution in [-0.4, -0.2) is 69.3 Å². The molecule has 20 heteroatoms. The number of halogens is 12. The number of unbranched alkanes of at least 4 members (excludes halogenated alkanes) is 6. The van der Waals surface area contributed by atoms with Crippen LogP contribution in [0, 0.1) is 10.1 Å². The summed E-state index contributed by atoms with van der Waals surface area (Å²) in [5.74, 6) is -20.5. The van der Waals surface area contributed by atoms with Gasteiger partial charge in [0.1, 0.15) is 11.1 Å². The van der Waals surface area contributed by atoms with Gasteiger partial charge in [-0.1, -0.05) is 32.1 Å². The zero-order valence-electron chi connectivity index (χ0n) is 24.9. The number of amides is 3. The van der Waals surface area contributed by atoms with Gasteiger partial charge in [-0.15, -0.1) is 0 Å². The summed E-state index contributed by atoms with van der Waals surface area (Å²) in [4.78, 5) is 37.6. The Hall–Kier alpha value is -2.93. The maximum atomic E-state index is 13.5. The molecule has 1 heterocycles. The number of carbonyl (C=O) groups excluding carboxylic acids is 2. The highest BCUT2D eigenvalue weighted by Gasteiger charge is 2.81. The van der Waals surface area contributed by atoms with Gasteiger partial charge >= 0.3 is 36.2 Å². The van der Waals surface area contributed by atoms with Crippen molar-refractivity contribution in [1.82, 2.24) is 4.90 Å². The minimum atomic E-state index is -6.90. The first-order chi connectivity index (χ1) is 21.3. The van der Waals surface area contributed by atoms with Crippen LogP contribution in [0.4, 0.5) is 68.9 Å². The Morgan fingerprint density at radius 1 is 0.787 bits per heavy atom. The maximum absolute atomic E-state index is 13.5. The molecule has 3 amide bonds. The van der Waals surface area contributed by atoms with Gasteiger partial charge < -0.3 is 4.90 Å². The van der Waals surface area contributed by atoms with Crippen molar-refractivity contribution in [2.24, 2.45) is 0 Å². The molecule has 0 N–H and O–H groups in total. The van der Waals surface area contributed by atoms with Gasteiger partial charge in [0.15, 0.2) is 0 Å². The fourth-order valence-electron chi connectivity index (χ4n) is 4.71. The molecule has 47 heavy (non-hydrogen) atoms. The molecular weight excluding hydrogens is 690 g/mol. The summed E-state index contributed by atoms with van der Waals surface area (Å²) in [6.45, 7) is 2.89. The van der Waals surface area contributed by atoms with E-state index in [4.69, 9.17) is 0 Å². The van der Waals surface area contributed by atoms with Crippen molar-refractivity contribution in [2.75, 3.05) is 23.0 Å². The van der Waals surface area contributed by atoms with Crippen LogP contribution in [0.15, 0.2) is 18.2 Å². The number of carbonyl (C=O) groups is 2. The van der Waals surface area contributed by atoms with E-state index in [2.05, 4.69) is 0 Å². The van der Waals surface area contributed by atoms with Crippen LogP contribution in [0.2, 0.25) is 0 Å². The lowest BCUT2D eigenvalue weighted by Crippen LogP contribution is -2.60. The van der Waals surface area contributed by atoms with Crippen LogP contribution in [0.3, 0.4) is 0 Å². The average Bonchev–Trinajstić information content (AvgIpc) is 3.10. The third-order valence-corrected chi connectivity index (χ3v) is 8.57. The van der Waals surface area contributed by atoms with Crippen molar-refractivity contribution >= 4 is 35.1 Å². The third-order valence-electron chi connectivity index (χ3n) is 7.50. The predicted octanol–water partition coefficient (Wildman–Crippen LogP) is 9.48. The fraction of sp³-hybridized carbons (Fsp3) is 0.704. The molecule has 1 aliphatic heterocycles. The number of anilines is 1. The molecule has 0 aromatic heterocycles. The largest absolute Gasteiger partial charge is 0.460 e. The first kappa shape index (κ1) is 40.2. The standard InChI is InChI=1S/C27H31F12N3O4S/c1-22(2)20(43)41(17-10-11-19(42(45)46)18(16-17)24(30,31)32)21(44)40(22)13-8-6-4-3-5-7-9-14-47-15-12-23(28,29)25(33,34)26(35,36)27(37,38)39/h10-11,16H,3-9,12-15H2,1-2H3. The molecule has 2 rings (SSSR count). The second-order valence-electron chi connectivity index (χ2n) is 11.3. The number of urea groups is 1. The molecule has 1 aromatic carbocycles. The predicted molar refractivity (Wildman–Crippen MR) is 147 cm³/mol. The molecule has 0 atom stereocenters. The third kappa shape index (κ3) is 8.76. The molecule has 1 aliphatic rings. The topological polar surface area (TPSA) is 83.8 Å². The summed E-state index contributed by atoms with van der Waals surface area (Å²) in [5.41, 5.74) is -4.75. The van der Waals surface area contributed by atoms with Gasteiger partial charge in [-0.2, -0.15) is 64.4 Å². The number of thioether (sulfide) groups is 1. The van der Waals surface area contributed by atoms with Gasteiger partial charge in [0, 0.05) is 19.0 Å². The number of nitro groups is 1. The highest BCUT2D eigenvalue weighted by molar-refractivity contribution is 7.99. The van der Waals surface area contributed by atoms with Crippen LogP contribution < -0.4 is 4.90 Å². The van der Waals surface area contributed by atoms with Gasteiger partial charge in [-0.3, -0.25) is 14.9 Å². The summed E-state index contributed by atoms with van der Waals surface area (Å²) in [7, 11) is 0. The minimum Gasteiger partial charge on any atom is -0.310 e. The second kappa shape index (κ2) is 14.7. The zero-order valence-corrected chi connectivity index (χ0v) is 25.7. The lowest BCUT2D eigenvalue weighted by Gasteiger charge is -2.33. The highest BCUT2D eigenvalue weighted by atomic mass is 32.2. The minimum absolute atomic E-state index is 0.0718. The van der Waals surface area contributed by atoms with Crippen LogP contribution in [0.25, 0.3) is 0 Å². The van der Waals surface area contributed by atoms with Gasteiger partial charge in [-0.05, 0) is 50.3 Å². The van der Waals surface area contributed by atoms with E-state index < -0.39 is 81.6 Å². The van der Waals surface area contributed by atoms with E-state index >= 15 is 0 Å². The molecule has 1 saturated heterocycles. The fourth-order valence-corrected chi connectivity index (χ4v) is 5.73. The Kier molecular flexibility index (Phi) is 12.6. The molecule has 0 unspecified atom stereocenters. The van der Waals surface area contributed by atoms with Crippen molar-refractivity contribution in [3.05, 3.63) is 33.9 Å². The number of nitro benzene ring substituents is 1. The van der Waals surface area contributed by atoms with Crippen molar-refractivity contribution in [1.29, 1.82) is 0 Å². The molecule has 0 aliphatic carbocycles. The normalized spacial score (nSPS) is 16.4. The summed E-state index contributed by atoms with van der Waals surface area (Å²) < 4.78 is 156. The Morgan fingerprint density at radius 2 is 1.32 bits per heavy atom. The molecular formula is C27H31F12N3O4S. The van der Waals surface area contributed by atoms with Crippen LogP contribution in [0.5, 0.6) is 0 Å². The molecule has 0 bridgehead atoms. The van der Waals surface area contributed by atoms with Crippen LogP contribution >= 0.6 is 11.8 Å². The van der Waals surface area contributed by atoms with Gasteiger partial charge in [-0.25, -0.2) is 9.69 Å². The van der Waals surface area contributed by atoms with Gasteiger partial charge in [0.05, 0.1) is 10.6 Å². The van der Waals surface area contributed by atoms with E-state index in [-0.39, 0.29) is 12.3 Å². The Labute approximate surface area is 265 Å². The van der Waals surface area contributed by atoms with E-state index in [1.807, 2.05) is 0 Å². The number of rotatable bonds is 17. The van der Waals surface area contributed by atoms with E-state index in [9.17, 15) is 72.4 Å². The molecule has 0 radical (unpaired) electrons. The number of hydrogen-bond acceptors (Lipinski definition) is 5. The molecule has 1 aromatic rings. The quantitative estimate of drug-likeness (QED) is 0.0526. The smallest absolute Gasteiger partial charge is 0.310 e. The van der Waals surface area contributed by atoms with Gasteiger partial charge in [0.2, 0.25) is 0 Å². The summed E-state index contributed by atoms with van der Waals surface area (Å²) in [6, 6.07) is 0.934. The van der Waals surface area contributed by atoms with Crippen molar-refractivity contribution < 1.29 is 67.2 Å². The molecule has 1 fully saturated rings. The van der Waals surface area contributed by atoms with E-state index in [1.165, 1.54) is 18.7 Å². The summed E-state index contributed by atoms with van der Waals surface area (Å²) in [6.07, 6.45) is -9.89. The van der Waals surface area contributed by atoms with Crippen molar-refractivity contribution in [3.63, 3.8) is 0 Å². The number of nitrogens with zero attached hydrogens (tertiary/aromatic N) is 3. The number of hydrogen-bond donors (Lipinski definition) is 0. The summed E-state index contributed by atoms with van der Waals surface area (Å²) in [5, 5.41) is 11.0. The molecule has 268 valence electrons. The number of alkyl halides is 12. The Bertz CT molecular complexity index is 1290. The average molecular weight is 722 g/mol. The first-order valence-corrected chi connectivity index (χ1v) is 15.3. The lowest BCUT2D eigenvalue weighted by atomic mass is 10.0. The van der Waals surface area contributed by atoms with Crippen LogP contribution in [0.1, 0.15) is 70.8 Å². The SMILES string of the molecule is CC1(C)C(=O)N(c2ccc([N+](=O)[O-])c(C(F)(F)F)c2)C(=O)N1CCCCCCCCCSCCC(F)(F)C(F)(F)C(F)(F)C(F)(F)F. The monoisotopic (exact) mass is 721 g/mol. The first-order valence-electron chi connectivity index (χ1n) is 14.1. The van der Waals surface area contributed by atoms with Gasteiger partial charge in [0.25, 0.3) is 11.6 Å². The zero-order chi connectivity index (χ0) is 36.2. The van der Waals surface area contributed by atoms with E-state index in [0.29, 0.717) is 73.7 Å². The van der Waals surface area contributed by atoms with Crippen molar-refractivity contribution in [2.45, 2.75) is 101 Å². The van der Waals surface area contributed by atoms with E-state index in [1.54, 1.807) is 0 Å². The molecule has 0 spiro atoms. The number of benzene rings is 1. The maximum Gasteiger partial charge on any atom is 0.460 e. The molecule has 0 saturated carbocycles. The molecule has 7 nitrogen and oxygen atoms in total. The van der Waals surface area contributed by atoms with Crippen LogP contribution in [-0.2, 0) is 11.0 Å². The number of imide groups is 1. The Morgan fingerprint density at radius 3 is 1.83 bits per heavy atom. The summed E-state index contributed by atoms with van der Waals surface area (Å²) >= 11 is 0.709. The lowest BCUT2D eigenvalue weighted by molar-refractivity contribution is -0.396.